The van der Waals surface area contributed by atoms with Gasteiger partial charge in [-0.05, 0) is 0 Å². The van der Waals surface area contributed by atoms with E-state index in [9.17, 15) is 0 Å². The topological polar surface area (TPSA) is 32.3 Å². The molecule has 0 radical (unpaired) electrons. The number of rotatable bonds is 2. The van der Waals surface area contributed by atoms with Crippen molar-refractivity contribution in [2.45, 2.75) is 0 Å². The third-order valence-corrected chi connectivity index (χ3v) is 0.603. The Kier molecular flexibility index (Phi) is 4.75. The molecule has 0 bridgehead atoms. The zero-order valence-electron chi connectivity index (χ0n) is 2.74. The first-order chi connectivity index (χ1) is 2.41. The molecule has 0 unspecified atom stereocenters. The summed E-state index contributed by atoms with van der Waals surface area (Å²) >= 11 is 3.04. The minimum Gasteiger partial charge on any atom is -0.381 e. The molecule has 0 aliphatic carbocycles. The molecule has 0 atom stereocenters. The molecular formula is C2H6BrNO. The first kappa shape index (κ1) is 5.40. The van der Waals surface area contributed by atoms with Crippen LogP contribution < -0.4 is 5.32 Å². The maximum atomic E-state index is 7.93. The monoisotopic (exact) mass is 139 g/mol. The molecule has 0 spiro atoms. The molecule has 0 fully saturated rings. The minimum absolute atomic E-state index is 0.0469. The first-order valence-electron chi connectivity index (χ1n) is 1.29. The van der Waals surface area contributed by atoms with Crippen molar-refractivity contribution in [2.75, 3.05) is 12.2 Å². The van der Waals surface area contributed by atoms with E-state index in [-0.39, 0.29) is 6.73 Å². The summed E-state index contributed by atoms with van der Waals surface area (Å²) in [5.41, 5.74) is 0.656. The van der Waals surface area contributed by atoms with Crippen LogP contribution in [-0.4, -0.2) is 17.3 Å². The van der Waals surface area contributed by atoms with Crippen LogP contribution in [0.1, 0.15) is 0 Å². The van der Waals surface area contributed by atoms with Gasteiger partial charge in [0.15, 0.2) is 0 Å². The van der Waals surface area contributed by atoms with Crippen molar-refractivity contribution in [3.05, 3.63) is 0 Å². The zero-order chi connectivity index (χ0) is 4.12. The molecule has 0 aromatic rings. The van der Waals surface area contributed by atoms with Gasteiger partial charge in [-0.3, -0.25) is 5.32 Å². The first-order valence-corrected chi connectivity index (χ1v) is 2.41. The van der Waals surface area contributed by atoms with Crippen LogP contribution in [0, 0.1) is 0 Å². The molecule has 0 aliphatic rings. The summed E-state index contributed by atoms with van der Waals surface area (Å²) in [6.07, 6.45) is 0. The Labute approximate surface area is 39.3 Å². The minimum atomic E-state index is 0.0469. The van der Waals surface area contributed by atoms with Gasteiger partial charge in [-0.25, -0.2) is 0 Å². The van der Waals surface area contributed by atoms with Gasteiger partial charge < -0.3 is 5.11 Å². The number of halogens is 1. The summed E-state index contributed by atoms with van der Waals surface area (Å²) in [5.74, 6) is 0. The molecule has 0 saturated carbocycles. The van der Waals surface area contributed by atoms with Crippen molar-refractivity contribution >= 4 is 15.9 Å². The zero-order valence-corrected chi connectivity index (χ0v) is 4.33. The highest BCUT2D eigenvalue weighted by atomic mass is 79.9. The van der Waals surface area contributed by atoms with Gasteiger partial charge in [-0.2, -0.15) is 0 Å². The Morgan fingerprint density at radius 1 is 1.80 bits per heavy atom. The average molecular weight is 140 g/mol. The summed E-state index contributed by atoms with van der Waals surface area (Å²) in [4.78, 5) is 0. The molecule has 0 saturated heterocycles. The quantitative estimate of drug-likeness (QED) is 0.318. The maximum absolute atomic E-state index is 7.93. The maximum Gasteiger partial charge on any atom is 0.0938 e. The number of nitrogens with one attached hydrogen (secondary N) is 1. The Morgan fingerprint density at radius 2 is 2.40 bits per heavy atom. The predicted molar refractivity (Wildman–Crippen MR) is 24.0 cm³/mol. The van der Waals surface area contributed by atoms with Gasteiger partial charge in [0.1, 0.15) is 0 Å². The summed E-state index contributed by atoms with van der Waals surface area (Å²) < 4.78 is 0. The average Bonchev–Trinajstić information content (AvgIpc) is 1.41. The van der Waals surface area contributed by atoms with Crippen LogP contribution in [0.3, 0.4) is 0 Å². The fourth-order valence-electron chi connectivity index (χ4n) is 0.0423. The smallest absolute Gasteiger partial charge is 0.0938 e. The lowest BCUT2D eigenvalue weighted by atomic mass is 11.2. The van der Waals surface area contributed by atoms with Gasteiger partial charge in [-0.1, -0.05) is 15.9 Å². The normalized spacial score (nSPS) is 8.40. The summed E-state index contributed by atoms with van der Waals surface area (Å²) in [6.45, 7) is 0.0469. The number of aliphatic hydroxyl groups is 1. The summed E-state index contributed by atoms with van der Waals surface area (Å²) in [6, 6.07) is 0. The second-order valence-corrected chi connectivity index (χ2v) is 1.10. The van der Waals surface area contributed by atoms with E-state index in [2.05, 4.69) is 21.2 Å². The van der Waals surface area contributed by atoms with E-state index < -0.39 is 0 Å². The molecule has 2 N–H and O–H groups in total. The van der Waals surface area contributed by atoms with Gasteiger partial charge in [-0.15, -0.1) is 0 Å². The SMILES string of the molecule is OCNCBr. The van der Waals surface area contributed by atoms with E-state index in [1.165, 1.54) is 0 Å². The molecule has 0 amide bonds. The fraction of sp³-hybridized carbons (Fsp3) is 1.00. The second-order valence-electron chi connectivity index (χ2n) is 0.542. The Morgan fingerprint density at radius 3 is 2.40 bits per heavy atom. The molecule has 0 aromatic heterocycles. The Bertz CT molecular complexity index is 17.1. The number of aliphatic hydroxyl groups excluding tert-OH is 1. The van der Waals surface area contributed by atoms with E-state index in [0.29, 0.717) is 5.45 Å². The van der Waals surface area contributed by atoms with E-state index in [1.54, 1.807) is 0 Å². The van der Waals surface area contributed by atoms with Crippen molar-refractivity contribution in [1.29, 1.82) is 0 Å². The third kappa shape index (κ3) is 4.40. The van der Waals surface area contributed by atoms with Crippen molar-refractivity contribution in [3.8, 4) is 0 Å². The molecule has 0 rings (SSSR count). The molecular weight excluding hydrogens is 134 g/mol. The largest absolute Gasteiger partial charge is 0.381 e. The lowest BCUT2D eigenvalue weighted by molar-refractivity contribution is 0.271. The lowest BCUT2D eigenvalue weighted by Gasteiger charge is -1.84. The van der Waals surface area contributed by atoms with Crippen molar-refractivity contribution in [1.82, 2.24) is 5.32 Å². The second kappa shape index (κ2) is 4.40. The molecule has 2 nitrogen and oxygen atoms in total. The molecule has 0 aliphatic heterocycles. The van der Waals surface area contributed by atoms with Crippen molar-refractivity contribution in [2.24, 2.45) is 0 Å². The Hall–Kier alpha value is 0.400. The molecule has 5 heavy (non-hydrogen) atoms. The Balaban J connectivity index is 2.19. The highest BCUT2D eigenvalue weighted by molar-refractivity contribution is 9.09. The van der Waals surface area contributed by atoms with Gasteiger partial charge >= 0.3 is 0 Å². The molecule has 32 valence electrons. The highest BCUT2D eigenvalue weighted by Gasteiger charge is 1.65. The van der Waals surface area contributed by atoms with Crippen LogP contribution in [0.25, 0.3) is 0 Å². The van der Waals surface area contributed by atoms with Crippen LogP contribution in [0.4, 0.5) is 0 Å². The lowest BCUT2D eigenvalue weighted by Crippen LogP contribution is -2.10. The van der Waals surface area contributed by atoms with Gasteiger partial charge in [0, 0.05) is 0 Å². The van der Waals surface area contributed by atoms with E-state index in [0.717, 1.165) is 0 Å². The predicted octanol–water partition coefficient (Wildman–Crippen LogP) is -0.122. The standard InChI is InChI=1S/C2H6BrNO/c3-1-4-2-5/h4-5H,1-2H2. The number of hydrogen-bond donors (Lipinski definition) is 2. The number of alkyl halides is 1. The van der Waals surface area contributed by atoms with Gasteiger partial charge in [0.2, 0.25) is 0 Å². The van der Waals surface area contributed by atoms with Crippen LogP contribution in [0.2, 0.25) is 0 Å². The summed E-state index contributed by atoms with van der Waals surface area (Å²) in [7, 11) is 0. The van der Waals surface area contributed by atoms with Crippen LogP contribution in [-0.2, 0) is 0 Å². The van der Waals surface area contributed by atoms with E-state index >= 15 is 0 Å². The van der Waals surface area contributed by atoms with Crippen LogP contribution in [0.15, 0.2) is 0 Å². The fourth-order valence-corrected chi connectivity index (χ4v) is 0.220. The number of hydrogen-bond acceptors (Lipinski definition) is 2. The van der Waals surface area contributed by atoms with Gasteiger partial charge in [0.25, 0.3) is 0 Å². The third-order valence-electron chi connectivity index (χ3n) is 0.206. The van der Waals surface area contributed by atoms with Crippen molar-refractivity contribution in [3.63, 3.8) is 0 Å². The van der Waals surface area contributed by atoms with Crippen molar-refractivity contribution < 1.29 is 5.11 Å². The summed E-state index contributed by atoms with van der Waals surface area (Å²) in [5, 5.41) is 10.5. The van der Waals surface area contributed by atoms with E-state index in [4.69, 9.17) is 5.11 Å². The van der Waals surface area contributed by atoms with Crippen LogP contribution >= 0.6 is 15.9 Å². The highest BCUT2D eigenvalue weighted by Crippen LogP contribution is 1.65. The molecule has 0 heterocycles. The van der Waals surface area contributed by atoms with E-state index in [1.807, 2.05) is 0 Å². The van der Waals surface area contributed by atoms with Gasteiger partial charge in [0.05, 0.1) is 12.2 Å². The molecule has 3 heteroatoms. The van der Waals surface area contributed by atoms with Crippen LogP contribution in [0.5, 0.6) is 0 Å². The molecule has 0 aromatic carbocycles.